The van der Waals surface area contributed by atoms with Gasteiger partial charge in [-0.25, -0.2) is 8.42 Å². The van der Waals surface area contributed by atoms with Crippen LogP contribution in [0, 0.1) is 0 Å². The molecule has 0 fully saturated rings. The number of rotatable bonds is 6. The summed E-state index contributed by atoms with van der Waals surface area (Å²) in [7, 11) is -3.44. The molecule has 3 nitrogen and oxygen atoms in total. The van der Waals surface area contributed by atoms with E-state index < -0.39 is 10.0 Å². The third-order valence-electron chi connectivity index (χ3n) is 2.20. The molecule has 1 aromatic rings. The summed E-state index contributed by atoms with van der Waals surface area (Å²) in [6.45, 7) is 4.13. The van der Waals surface area contributed by atoms with Crippen molar-refractivity contribution in [2.24, 2.45) is 0 Å². The minimum Gasteiger partial charge on any atom is -0.206 e. The Kier molecular flexibility index (Phi) is 5.73. The predicted octanol–water partition coefficient (Wildman–Crippen LogP) is 3.43. The minimum absolute atomic E-state index is 0.0934. The van der Waals surface area contributed by atoms with Crippen LogP contribution in [0.2, 0.25) is 4.34 Å². The van der Waals surface area contributed by atoms with Crippen LogP contribution in [0.3, 0.4) is 0 Å². The Morgan fingerprint density at radius 2 is 2.06 bits per heavy atom. The largest absolute Gasteiger partial charge is 0.252 e. The third kappa shape index (κ3) is 3.83. The van der Waals surface area contributed by atoms with E-state index in [0.717, 1.165) is 11.3 Å². The third-order valence-corrected chi connectivity index (χ3v) is 6.24. The zero-order valence-corrected chi connectivity index (χ0v) is 12.8. The van der Waals surface area contributed by atoms with Gasteiger partial charge in [0.1, 0.15) is 4.21 Å². The number of hydrogen-bond donors (Lipinski definition) is 0. The average molecular weight is 316 g/mol. The molecule has 0 spiro atoms. The Morgan fingerprint density at radius 1 is 1.41 bits per heavy atom. The van der Waals surface area contributed by atoms with Gasteiger partial charge < -0.3 is 0 Å². The SMILES string of the molecule is CC(C)N(CCCCl)S(=O)(=O)c1ccc(Cl)s1. The van der Waals surface area contributed by atoms with Crippen molar-refractivity contribution in [1.82, 2.24) is 4.31 Å². The Morgan fingerprint density at radius 3 is 2.47 bits per heavy atom. The highest BCUT2D eigenvalue weighted by Crippen LogP contribution is 2.29. The first-order valence-electron chi connectivity index (χ1n) is 5.22. The molecule has 0 unspecified atom stereocenters. The van der Waals surface area contributed by atoms with Gasteiger partial charge in [-0.3, -0.25) is 0 Å². The van der Waals surface area contributed by atoms with Crippen LogP contribution in [0.25, 0.3) is 0 Å². The number of nitrogens with zero attached hydrogens (tertiary/aromatic N) is 1. The van der Waals surface area contributed by atoms with Gasteiger partial charge in [-0.1, -0.05) is 11.6 Å². The summed E-state index contributed by atoms with van der Waals surface area (Å²) in [5, 5.41) is 0. The average Bonchev–Trinajstić information content (AvgIpc) is 2.65. The fraction of sp³-hybridized carbons (Fsp3) is 0.600. The van der Waals surface area contributed by atoms with Crippen molar-refractivity contribution in [3.8, 4) is 0 Å². The van der Waals surface area contributed by atoms with E-state index in [0.29, 0.717) is 23.2 Å². The topological polar surface area (TPSA) is 37.4 Å². The standard InChI is InChI=1S/C10H15Cl2NO2S2/c1-8(2)13(7-3-6-11)17(14,15)10-5-4-9(12)16-10/h4-5,8H,3,6-7H2,1-2H3. The van der Waals surface area contributed by atoms with E-state index in [1.165, 1.54) is 4.31 Å². The summed E-state index contributed by atoms with van der Waals surface area (Å²) in [4.78, 5) is 0. The molecule has 1 rings (SSSR count). The highest BCUT2D eigenvalue weighted by Gasteiger charge is 2.27. The van der Waals surface area contributed by atoms with Gasteiger partial charge in [0.05, 0.1) is 4.34 Å². The molecular weight excluding hydrogens is 301 g/mol. The maximum atomic E-state index is 12.3. The molecule has 0 aliphatic rings. The molecule has 0 amide bonds. The second-order valence-corrected chi connectivity index (χ2v) is 8.02. The smallest absolute Gasteiger partial charge is 0.206 e. The van der Waals surface area contributed by atoms with E-state index in [9.17, 15) is 8.42 Å². The molecule has 0 bridgehead atoms. The number of thiophene rings is 1. The van der Waals surface area contributed by atoms with E-state index in [4.69, 9.17) is 23.2 Å². The first-order chi connectivity index (χ1) is 7.89. The summed E-state index contributed by atoms with van der Waals surface area (Å²) < 4.78 is 26.9. The number of alkyl halides is 1. The van der Waals surface area contributed by atoms with Crippen LogP contribution in [0.15, 0.2) is 16.3 Å². The Hall–Kier alpha value is 0.190. The molecule has 17 heavy (non-hydrogen) atoms. The van der Waals surface area contributed by atoms with E-state index in [1.54, 1.807) is 12.1 Å². The lowest BCUT2D eigenvalue weighted by Gasteiger charge is -2.24. The lowest BCUT2D eigenvalue weighted by atomic mass is 10.4. The van der Waals surface area contributed by atoms with Crippen molar-refractivity contribution < 1.29 is 8.42 Å². The number of hydrogen-bond acceptors (Lipinski definition) is 3. The maximum absolute atomic E-state index is 12.3. The van der Waals surface area contributed by atoms with E-state index >= 15 is 0 Å². The summed E-state index contributed by atoms with van der Waals surface area (Å²) in [6, 6.07) is 3.04. The number of halogens is 2. The van der Waals surface area contributed by atoms with Gasteiger partial charge in [0.2, 0.25) is 0 Å². The molecule has 0 aliphatic heterocycles. The van der Waals surface area contributed by atoms with Gasteiger partial charge in [-0.05, 0) is 32.4 Å². The van der Waals surface area contributed by atoms with Crippen LogP contribution in [0.4, 0.5) is 0 Å². The Bertz CT molecular complexity index is 457. The van der Waals surface area contributed by atoms with Crippen molar-refractivity contribution in [1.29, 1.82) is 0 Å². The van der Waals surface area contributed by atoms with E-state index in [1.807, 2.05) is 13.8 Å². The molecule has 0 saturated carbocycles. The van der Waals surface area contributed by atoms with Gasteiger partial charge in [-0.15, -0.1) is 22.9 Å². The van der Waals surface area contributed by atoms with Crippen LogP contribution in [-0.4, -0.2) is 31.2 Å². The fourth-order valence-corrected chi connectivity index (χ4v) is 4.83. The van der Waals surface area contributed by atoms with Gasteiger partial charge >= 0.3 is 0 Å². The zero-order chi connectivity index (χ0) is 13.1. The Labute approximate surface area is 116 Å². The zero-order valence-electron chi connectivity index (χ0n) is 9.69. The second kappa shape index (κ2) is 6.38. The second-order valence-electron chi connectivity index (χ2n) is 3.81. The van der Waals surface area contributed by atoms with Crippen LogP contribution >= 0.6 is 34.5 Å². The summed E-state index contributed by atoms with van der Waals surface area (Å²) >= 11 is 12.5. The molecule has 0 aliphatic carbocycles. The maximum Gasteiger partial charge on any atom is 0.252 e. The summed E-state index contributed by atoms with van der Waals surface area (Å²) in [6.07, 6.45) is 0.637. The van der Waals surface area contributed by atoms with Crippen LogP contribution in [0.1, 0.15) is 20.3 Å². The predicted molar refractivity (Wildman–Crippen MR) is 73.7 cm³/mol. The molecule has 7 heteroatoms. The molecule has 0 atom stereocenters. The molecule has 98 valence electrons. The van der Waals surface area contributed by atoms with Gasteiger partial charge in [0.15, 0.2) is 0 Å². The number of sulfonamides is 1. The van der Waals surface area contributed by atoms with Crippen molar-refractivity contribution in [2.75, 3.05) is 12.4 Å². The molecule has 1 aromatic heterocycles. The molecule has 0 N–H and O–H groups in total. The van der Waals surface area contributed by atoms with Crippen LogP contribution in [0.5, 0.6) is 0 Å². The lowest BCUT2D eigenvalue weighted by Crippen LogP contribution is -2.37. The fourth-order valence-electron chi connectivity index (χ4n) is 1.42. The molecule has 0 aromatic carbocycles. The molecule has 0 radical (unpaired) electrons. The molecule has 1 heterocycles. The first-order valence-corrected chi connectivity index (χ1v) is 8.39. The van der Waals surface area contributed by atoms with Gasteiger partial charge in [-0.2, -0.15) is 4.31 Å². The quantitative estimate of drug-likeness (QED) is 0.754. The van der Waals surface area contributed by atoms with E-state index in [2.05, 4.69) is 0 Å². The molecule has 0 saturated heterocycles. The summed E-state index contributed by atoms with van der Waals surface area (Å²) in [5.74, 6) is 0.448. The van der Waals surface area contributed by atoms with Gasteiger partial charge in [0, 0.05) is 18.5 Å². The molecular formula is C10H15Cl2NO2S2. The van der Waals surface area contributed by atoms with Crippen molar-refractivity contribution in [2.45, 2.75) is 30.5 Å². The first kappa shape index (κ1) is 15.2. The van der Waals surface area contributed by atoms with Crippen LogP contribution < -0.4 is 0 Å². The highest BCUT2D eigenvalue weighted by molar-refractivity contribution is 7.91. The van der Waals surface area contributed by atoms with Crippen molar-refractivity contribution in [3.05, 3.63) is 16.5 Å². The Balaban J connectivity index is 3.00. The van der Waals surface area contributed by atoms with Crippen molar-refractivity contribution in [3.63, 3.8) is 0 Å². The lowest BCUT2D eigenvalue weighted by molar-refractivity contribution is 0.355. The summed E-state index contributed by atoms with van der Waals surface area (Å²) in [5.41, 5.74) is 0. The van der Waals surface area contributed by atoms with Crippen LogP contribution in [-0.2, 0) is 10.0 Å². The normalized spacial score (nSPS) is 12.6. The minimum atomic E-state index is -3.44. The van der Waals surface area contributed by atoms with E-state index in [-0.39, 0.29) is 10.3 Å². The monoisotopic (exact) mass is 315 g/mol. The van der Waals surface area contributed by atoms with Crippen molar-refractivity contribution >= 4 is 44.6 Å². The highest BCUT2D eigenvalue weighted by atomic mass is 35.5. The van der Waals surface area contributed by atoms with Gasteiger partial charge in [0.25, 0.3) is 10.0 Å².